The fourth-order valence-electron chi connectivity index (χ4n) is 2.49. The molecule has 1 fully saturated rings. The van der Waals surface area contributed by atoms with Crippen LogP contribution in [0.5, 0.6) is 0 Å². The normalized spacial score (nSPS) is 19.3. The summed E-state index contributed by atoms with van der Waals surface area (Å²) in [4.78, 5) is 2.55. The molecule has 1 aliphatic heterocycles. The van der Waals surface area contributed by atoms with E-state index < -0.39 is 0 Å². The van der Waals surface area contributed by atoms with Crippen molar-refractivity contribution >= 4 is 15.9 Å². The lowest BCUT2D eigenvalue weighted by molar-refractivity contribution is 0.0290. The van der Waals surface area contributed by atoms with E-state index >= 15 is 0 Å². The fourth-order valence-corrected chi connectivity index (χ4v) is 3.46. The maximum Gasteiger partial charge on any atom is 0.0480 e. The molecule has 1 heterocycles. The zero-order chi connectivity index (χ0) is 12.0. The maximum atomic E-state index is 5.42. The minimum absolute atomic E-state index is 0.451. The molecule has 0 aromatic heterocycles. The van der Waals surface area contributed by atoms with Crippen LogP contribution in [0.1, 0.15) is 39.5 Å². The molecule has 0 aromatic rings. The van der Waals surface area contributed by atoms with Gasteiger partial charge in [-0.2, -0.15) is 0 Å². The number of hydrogen-bond donors (Lipinski definition) is 0. The molecule has 0 amide bonds. The SMILES string of the molecule is CCC(CC)(CBr)CN(C)C1CCOCC1. The molecule has 1 rings (SSSR count). The van der Waals surface area contributed by atoms with Gasteiger partial charge >= 0.3 is 0 Å². The Labute approximate surface area is 109 Å². The Hall–Kier alpha value is 0.400. The summed E-state index contributed by atoms with van der Waals surface area (Å²) in [6.45, 7) is 7.70. The second kappa shape index (κ2) is 6.97. The second-order valence-corrected chi connectivity index (χ2v) is 5.66. The molecule has 16 heavy (non-hydrogen) atoms. The number of rotatable bonds is 6. The number of hydrogen-bond acceptors (Lipinski definition) is 2. The Balaban J connectivity index is 2.49. The number of alkyl halides is 1. The van der Waals surface area contributed by atoms with Crippen LogP contribution < -0.4 is 0 Å². The minimum Gasteiger partial charge on any atom is -0.381 e. The number of halogens is 1. The second-order valence-electron chi connectivity index (χ2n) is 5.10. The Bertz CT molecular complexity index is 180. The van der Waals surface area contributed by atoms with E-state index in [2.05, 4.69) is 41.7 Å². The molecule has 0 atom stereocenters. The molecule has 0 N–H and O–H groups in total. The molecule has 0 spiro atoms. The van der Waals surface area contributed by atoms with Crippen molar-refractivity contribution in [3.8, 4) is 0 Å². The average Bonchev–Trinajstić information content (AvgIpc) is 2.37. The molecular formula is C13H26BrNO. The summed E-state index contributed by atoms with van der Waals surface area (Å²) in [5.74, 6) is 0. The molecular weight excluding hydrogens is 266 g/mol. The first-order valence-corrected chi connectivity index (χ1v) is 7.63. The van der Waals surface area contributed by atoms with Gasteiger partial charge in [0.15, 0.2) is 0 Å². The topological polar surface area (TPSA) is 12.5 Å². The van der Waals surface area contributed by atoms with Crippen molar-refractivity contribution in [1.82, 2.24) is 4.90 Å². The highest BCUT2D eigenvalue weighted by Crippen LogP contribution is 2.31. The highest BCUT2D eigenvalue weighted by Gasteiger charge is 2.29. The Morgan fingerprint density at radius 3 is 2.25 bits per heavy atom. The van der Waals surface area contributed by atoms with Gasteiger partial charge in [0.25, 0.3) is 0 Å². The first-order chi connectivity index (χ1) is 7.67. The van der Waals surface area contributed by atoms with Crippen molar-refractivity contribution in [2.24, 2.45) is 5.41 Å². The molecule has 0 aromatic carbocycles. The van der Waals surface area contributed by atoms with Crippen LogP contribution >= 0.6 is 15.9 Å². The zero-order valence-corrected chi connectivity index (χ0v) is 12.6. The van der Waals surface area contributed by atoms with E-state index in [9.17, 15) is 0 Å². The van der Waals surface area contributed by atoms with E-state index in [-0.39, 0.29) is 0 Å². The van der Waals surface area contributed by atoms with E-state index in [4.69, 9.17) is 4.74 Å². The van der Waals surface area contributed by atoms with E-state index in [1.807, 2.05) is 0 Å². The van der Waals surface area contributed by atoms with Gasteiger partial charge in [-0.25, -0.2) is 0 Å². The maximum absolute atomic E-state index is 5.42. The van der Waals surface area contributed by atoms with Gasteiger partial charge in [-0.3, -0.25) is 0 Å². The van der Waals surface area contributed by atoms with Crippen LogP contribution in [-0.4, -0.2) is 43.1 Å². The van der Waals surface area contributed by atoms with Gasteiger partial charge in [0.2, 0.25) is 0 Å². The van der Waals surface area contributed by atoms with Crippen LogP contribution in [-0.2, 0) is 4.74 Å². The molecule has 2 nitrogen and oxygen atoms in total. The van der Waals surface area contributed by atoms with Gasteiger partial charge in [0.05, 0.1) is 0 Å². The van der Waals surface area contributed by atoms with Crippen LogP contribution in [0.15, 0.2) is 0 Å². The first kappa shape index (κ1) is 14.5. The van der Waals surface area contributed by atoms with Crippen LogP contribution in [0.25, 0.3) is 0 Å². The van der Waals surface area contributed by atoms with Gasteiger partial charge in [-0.05, 0) is 38.1 Å². The van der Waals surface area contributed by atoms with E-state index in [1.54, 1.807) is 0 Å². The third-order valence-electron chi connectivity index (χ3n) is 4.18. The summed E-state index contributed by atoms with van der Waals surface area (Å²) in [5, 5.41) is 1.11. The van der Waals surface area contributed by atoms with Crippen molar-refractivity contribution in [2.75, 3.05) is 32.1 Å². The third-order valence-corrected chi connectivity index (χ3v) is 5.37. The van der Waals surface area contributed by atoms with Crippen LogP contribution in [0, 0.1) is 5.41 Å². The Morgan fingerprint density at radius 1 is 1.25 bits per heavy atom. The average molecular weight is 292 g/mol. The molecule has 0 radical (unpaired) electrons. The van der Waals surface area contributed by atoms with Crippen molar-refractivity contribution < 1.29 is 4.74 Å². The van der Waals surface area contributed by atoms with Gasteiger partial charge < -0.3 is 9.64 Å². The summed E-state index contributed by atoms with van der Waals surface area (Å²) in [7, 11) is 2.28. The van der Waals surface area contributed by atoms with Crippen molar-refractivity contribution in [1.29, 1.82) is 0 Å². The molecule has 0 aliphatic carbocycles. The number of ether oxygens (including phenoxy) is 1. The van der Waals surface area contributed by atoms with E-state index in [0.29, 0.717) is 5.41 Å². The molecule has 1 saturated heterocycles. The van der Waals surface area contributed by atoms with Crippen molar-refractivity contribution in [2.45, 2.75) is 45.6 Å². The Kier molecular flexibility index (Phi) is 6.30. The summed E-state index contributed by atoms with van der Waals surface area (Å²) in [6.07, 6.45) is 4.90. The minimum atomic E-state index is 0.451. The summed E-state index contributed by atoms with van der Waals surface area (Å²) >= 11 is 3.69. The van der Waals surface area contributed by atoms with Gasteiger partial charge in [-0.15, -0.1) is 0 Å². The van der Waals surface area contributed by atoms with Crippen LogP contribution in [0.2, 0.25) is 0 Å². The quantitative estimate of drug-likeness (QED) is 0.696. The largest absolute Gasteiger partial charge is 0.381 e. The molecule has 3 heteroatoms. The molecule has 0 unspecified atom stereocenters. The monoisotopic (exact) mass is 291 g/mol. The summed E-state index contributed by atoms with van der Waals surface area (Å²) in [5.41, 5.74) is 0.451. The summed E-state index contributed by atoms with van der Waals surface area (Å²) in [6, 6.07) is 0.727. The highest BCUT2D eigenvalue weighted by atomic mass is 79.9. The predicted molar refractivity (Wildman–Crippen MR) is 73.3 cm³/mol. The molecule has 0 saturated carbocycles. The van der Waals surface area contributed by atoms with Gasteiger partial charge in [-0.1, -0.05) is 29.8 Å². The van der Waals surface area contributed by atoms with Crippen LogP contribution in [0.4, 0.5) is 0 Å². The van der Waals surface area contributed by atoms with Crippen molar-refractivity contribution in [3.05, 3.63) is 0 Å². The Morgan fingerprint density at radius 2 is 1.81 bits per heavy atom. The smallest absolute Gasteiger partial charge is 0.0480 e. The molecule has 0 bridgehead atoms. The van der Waals surface area contributed by atoms with Crippen molar-refractivity contribution in [3.63, 3.8) is 0 Å². The number of nitrogens with zero attached hydrogens (tertiary/aromatic N) is 1. The van der Waals surface area contributed by atoms with Gasteiger partial charge in [0.1, 0.15) is 0 Å². The zero-order valence-electron chi connectivity index (χ0n) is 11.0. The highest BCUT2D eigenvalue weighted by molar-refractivity contribution is 9.09. The third kappa shape index (κ3) is 3.71. The molecule has 1 aliphatic rings. The summed E-state index contributed by atoms with van der Waals surface area (Å²) < 4.78 is 5.42. The molecule has 96 valence electrons. The predicted octanol–water partition coefficient (Wildman–Crippen LogP) is 3.30. The standard InChI is InChI=1S/C13H26BrNO/c1-4-13(5-2,10-14)11-15(3)12-6-8-16-9-7-12/h12H,4-11H2,1-3H3. The van der Waals surface area contributed by atoms with Gasteiger partial charge in [0, 0.05) is 31.1 Å². The van der Waals surface area contributed by atoms with E-state index in [1.165, 1.54) is 32.2 Å². The van der Waals surface area contributed by atoms with E-state index in [0.717, 1.165) is 24.6 Å². The van der Waals surface area contributed by atoms with Crippen LogP contribution in [0.3, 0.4) is 0 Å². The lowest BCUT2D eigenvalue weighted by atomic mass is 9.83. The first-order valence-electron chi connectivity index (χ1n) is 6.51. The lowest BCUT2D eigenvalue weighted by Crippen LogP contribution is -2.44. The lowest BCUT2D eigenvalue weighted by Gasteiger charge is -2.39. The fraction of sp³-hybridized carbons (Fsp3) is 1.00.